The highest BCUT2D eigenvalue weighted by atomic mass is 15.1. The third-order valence-electron chi connectivity index (χ3n) is 1.82. The average Bonchev–Trinajstić information content (AvgIpc) is 2.14. The van der Waals surface area contributed by atoms with Crippen molar-refractivity contribution in [2.75, 3.05) is 20.1 Å². The van der Waals surface area contributed by atoms with Crippen molar-refractivity contribution in [1.29, 1.82) is 0 Å². The van der Waals surface area contributed by atoms with Crippen LogP contribution >= 0.6 is 0 Å². The lowest BCUT2D eigenvalue weighted by Gasteiger charge is -2.08. The van der Waals surface area contributed by atoms with Crippen molar-refractivity contribution in [3.63, 3.8) is 0 Å². The number of likely N-dealkylation sites (N-methyl/N-ethyl adjacent to an activating group) is 1. The van der Waals surface area contributed by atoms with Gasteiger partial charge in [0.15, 0.2) is 0 Å². The summed E-state index contributed by atoms with van der Waals surface area (Å²) in [7, 11) is 2.14. The topological polar surface area (TPSA) is 3.24 Å². The molecule has 0 bridgehead atoms. The van der Waals surface area contributed by atoms with E-state index in [-0.39, 0.29) is 0 Å². The van der Waals surface area contributed by atoms with Crippen LogP contribution in [0.4, 0.5) is 0 Å². The van der Waals surface area contributed by atoms with Crippen LogP contribution in [0.3, 0.4) is 0 Å². The summed E-state index contributed by atoms with van der Waals surface area (Å²) in [4.78, 5) is 2.29. The number of nitrogens with zero attached hydrogens (tertiary/aromatic N) is 1. The summed E-state index contributed by atoms with van der Waals surface area (Å²) in [6.45, 7) is 4.37. The number of hydrogen-bond donors (Lipinski definition) is 0. The van der Waals surface area contributed by atoms with Crippen molar-refractivity contribution < 1.29 is 0 Å². The molecule has 0 aromatic heterocycles. The van der Waals surface area contributed by atoms with E-state index in [2.05, 4.69) is 37.1 Å². The van der Waals surface area contributed by atoms with Gasteiger partial charge in [0.25, 0.3) is 0 Å². The van der Waals surface area contributed by atoms with Gasteiger partial charge in [-0.3, -0.25) is 4.90 Å². The number of allylic oxidation sites excluding steroid dienone is 2. The molecule has 1 rings (SSSR count). The Hall–Kier alpha value is -0.560. The van der Waals surface area contributed by atoms with Crippen LogP contribution in [0.5, 0.6) is 0 Å². The lowest BCUT2D eigenvalue weighted by atomic mass is 10.2. The van der Waals surface area contributed by atoms with E-state index in [0.717, 1.165) is 19.5 Å². The number of hydrogen-bond acceptors (Lipinski definition) is 1. The monoisotopic (exact) mass is 137 g/mol. The van der Waals surface area contributed by atoms with Crippen LogP contribution in [0.1, 0.15) is 13.3 Å². The molecule has 0 aromatic carbocycles. The molecule has 10 heavy (non-hydrogen) atoms. The minimum atomic E-state index is 1.08. The maximum absolute atomic E-state index is 2.30. The van der Waals surface area contributed by atoms with Crippen molar-refractivity contribution in [3.05, 3.63) is 23.8 Å². The van der Waals surface area contributed by atoms with Gasteiger partial charge in [-0.15, -0.1) is 0 Å². The maximum atomic E-state index is 2.30. The molecular formula is C9H15N. The largest absolute Gasteiger partial charge is 0.299 e. The molecule has 0 N–H and O–H groups in total. The molecule has 0 atom stereocenters. The highest BCUT2D eigenvalue weighted by molar-refractivity contribution is 5.20. The molecule has 1 nitrogen and oxygen atoms in total. The zero-order chi connectivity index (χ0) is 7.40. The fraction of sp³-hybridized carbons (Fsp3) is 0.556. The molecule has 0 aliphatic carbocycles. The zero-order valence-electron chi connectivity index (χ0n) is 6.80. The Morgan fingerprint density at radius 1 is 1.50 bits per heavy atom. The minimum absolute atomic E-state index is 1.08. The molecule has 56 valence electrons. The van der Waals surface area contributed by atoms with Gasteiger partial charge in [0.1, 0.15) is 0 Å². The highest BCUT2D eigenvalue weighted by Crippen LogP contribution is 2.05. The van der Waals surface area contributed by atoms with Crippen LogP contribution in [0.2, 0.25) is 0 Å². The molecule has 0 spiro atoms. The van der Waals surface area contributed by atoms with Crippen molar-refractivity contribution in [1.82, 2.24) is 4.90 Å². The van der Waals surface area contributed by atoms with Gasteiger partial charge >= 0.3 is 0 Å². The Morgan fingerprint density at radius 3 is 3.00 bits per heavy atom. The van der Waals surface area contributed by atoms with Crippen LogP contribution in [-0.4, -0.2) is 25.0 Å². The molecule has 0 aromatic rings. The van der Waals surface area contributed by atoms with E-state index in [1.54, 1.807) is 0 Å². The molecule has 0 fully saturated rings. The minimum Gasteiger partial charge on any atom is -0.299 e. The van der Waals surface area contributed by atoms with Gasteiger partial charge in [0.2, 0.25) is 0 Å². The Balaban J connectivity index is 2.57. The fourth-order valence-corrected chi connectivity index (χ4v) is 1.06. The lowest BCUT2D eigenvalue weighted by molar-refractivity contribution is 0.414. The lowest BCUT2D eigenvalue weighted by Crippen LogP contribution is -2.16. The normalized spacial score (nSPS) is 20.4. The Kier molecular flexibility index (Phi) is 2.69. The van der Waals surface area contributed by atoms with Crippen LogP contribution in [0.25, 0.3) is 0 Å². The van der Waals surface area contributed by atoms with Crippen LogP contribution < -0.4 is 0 Å². The summed E-state index contributed by atoms with van der Waals surface area (Å²) in [6, 6.07) is 0. The molecule has 1 heterocycles. The van der Waals surface area contributed by atoms with Gasteiger partial charge in [-0.2, -0.15) is 0 Å². The second-order valence-electron chi connectivity index (χ2n) is 2.76. The van der Waals surface area contributed by atoms with E-state index in [1.807, 2.05) is 0 Å². The first-order valence-electron chi connectivity index (χ1n) is 3.87. The third kappa shape index (κ3) is 1.99. The fourth-order valence-electron chi connectivity index (χ4n) is 1.06. The van der Waals surface area contributed by atoms with Gasteiger partial charge in [0.05, 0.1) is 0 Å². The summed E-state index contributed by atoms with van der Waals surface area (Å²) < 4.78 is 0. The molecule has 1 aliphatic rings. The highest BCUT2D eigenvalue weighted by Gasteiger charge is 1.97. The van der Waals surface area contributed by atoms with Crippen LogP contribution in [-0.2, 0) is 0 Å². The Labute approximate surface area is 63.0 Å². The summed E-state index contributed by atoms with van der Waals surface area (Å²) in [5, 5.41) is 0. The van der Waals surface area contributed by atoms with Crippen molar-refractivity contribution >= 4 is 0 Å². The predicted molar refractivity (Wildman–Crippen MR) is 45.0 cm³/mol. The first-order chi connectivity index (χ1) is 4.83. The predicted octanol–water partition coefficient (Wildman–Crippen LogP) is 1.82. The van der Waals surface area contributed by atoms with E-state index >= 15 is 0 Å². The first-order valence-corrected chi connectivity index (χ1v) is 3.87. The maximum Gasteiger partial charge on any atom is 0.0169 e. The van der Waals surface area contributed by atoms with E-state index in [9.17, 15) is 0 Å². The molecule has 0 saturated carbocycles. The van der Waals surface area contributed by atoms with Crippen LogP contribution in [0, 0.1) is 0 Å². The van der Waals surface area contributed by atoms with Crippen molar-refractivity contribution in [2.45, 2.75) is 13.3 Å². The molecule has 0 amide bonds. The van der Waals surface area contributed by atoms with Crippen LogP contribution in [0.15, 0.2) is 23.8 Å². The molecule has 1 heteroatoms. The van der Waals surface area contributed by atoms with Gasteiger partial charge < -0.3 is 0 Å². The second kappa shape index (κ2) is 3.57. The van der Waals surface area contributed by atoms with Crippen molar-refractivity contribution in [2.24, 2.45) is 0 Å². The SMILES string of the molecule is CCC1=CCN(C)CC=C1. The van der Waals surface area contributed by atoms with E-state index in [4.69, 9.17) is 0 Å². The summed E-state index contributed by atoms with van der Waals surface area (Å²) in [5.41, 5.74) is 1.46. The smallest absolute Gasteiger partial charge is 0.0169 e. The van der Waals surface area contributed by atoms with Crippen molar-refractivity contribution in [3.8, 4) is 0 Å². The quantitative estimate of drug-likeness (QED) is 0.533. The summed E-state index contributed by atoms with van der Waals surface area (Å²) >= 11 is 0. The number of rotatable bonds is 1. The molecule has 0 saturated heterocycles. The van der Waals surface area contributed by atoms with E-state index in [0.29, 0.717) is 0 Å². The zero-order valence-corrected chi connectivity index (χ0v) is 6.80. The van der Waals surface area contributed by atoms with E-state index < -0.39 is 0 Å². The van der Waals surface area contributed by atoms with Gasteiger partial charge in [-0.25, -0.2) is 0 Å². The molecule has 0 radical (unpaired) electrons. The van der Waals surface area contributed by atoms with Gasteiger partial charge in [-0.1, -0.05) is 30.7 Å². The van der Waals surface area contributed by atoms with Gasteiger partial charge in [0, 0.05) is 13.1 Å². The Bertz CT molecular complexity index is 156. The molecule has 1 aliphatic heterocycles. The average molecular weight is 137 g/mol. The third-order valence-corrected chi connectivity index (χ3v) is 1.82. The standard InChI is InChI=1S/C9H15N/c1-3-9-5-4-7-10(2)8-6-9/h4-6H,3,7-8H2,1-2H3. The second-order valence-corrected chi connectivity index (χ2v) is 2.76. The molecule has 0 unspecified atom stereocenters. The van der Waals surface area contributed by atoms with E-state index in [1.165, 1.54) is 5.57 Å². The summed E-state index contributed by atoms with van der Waals surface area (Å²) in [5.74, 6) is 0. The van der Waals surface area contributed by atoms with Gasteiger partial charge in [-0.05, 0) is 13.5 Å². The summed E-state index contributed by atoms with van der Waals surface area (Å²) in [6.07, 6.45) is 7.90. The Morgan fingerprint density at radius 2 is 2.30 bits per heavy atom. The molecular weight excluding hydrogens is 122 g/mol. The first kappa shape index (κ1) is 7.55.